The number of aldehydes is 1. The number of rotatable bonds is 1. The Balaban J connectivity index is 1.30. The van der Waals surface area contributed by atoms with Crippen molar-refractivity contribution in [1.82, 2.24) is 0 Å². The zero-order valence-electron chi connectivity index (χ0n) is 28.0. The lowest BCUT2D eigenvalue weighted by molar-refractivity contribution is -0.156. The normalized spacial score (nSPS) is 39.3. The van der Waals surface area contributed by atoms with Gasteiger partial charge in [-0.25, -0.2) is 0 Å². The minimum atomic E-state index is -0.782. The Morgan fingerprint density at radius 2 is 1.32 bits per heavy atom. The van der Waals surface area contributed by atoms with Gasteiger partial charge in [-0.2, -0.15) is 0 Å². The van der Waals surface area contributed by atoms with E-state index in [2.05, 4.69) is 38.2 Å². The van der Waals surface area contributed by atoms with Gasteiger partial charge >= 0.3 is 0 Å². The van der Waals surface area contributed by atoms with E-state index in [0.717, 1.165) is 48.8 Å². The molecule has 8 aliphatic rings. The molecule has 0 N–H and O–H groups in total. The fraction of sp³-hybridized carbons (Fsp3) is 0.500. The maximum atomic E-state index is 14.4. The predicted molar refractivity (Wildman–Crippen MR) is 182 cm³/mol. The summed E-state index contributed by atoms with van der Waals surface area (Å²) >= 11 is 0. The minimum absolute atomic E-state index is 0.0280. The number of carbonyl (C=O) groups excluding carboxylic acids is 5. The van der Waals surface area contributed by atoms with Crippen LogP contribution in [0, 0.1) is 34.5 Å². The monoisotopic (exact) mass is 630 g/mol. The highest BCUT2D eigenvalue weighted by molar-refractivity contribution is 6.20. The maximum absolute atomic E-state index is 14.4. The molecule has 0 aromatic carbocycles. The van der Waals surface area contributed by atoms with Crippen molar-refractivity contribution in [3.63, 3.8) is 0 Å². The highest BCUT2D eigenvalue weighted by Crippen LogP contribution is 2.66. The Kier molecular flexibility index (Phi) is 8.17. The van der Waals surface area contributed by atoms with Gasteiger partial charge < -0.3 is 4.79 Å². The summed E-state index contributed by atoms with van der Waals surface area (Å²) < 4.78 is 0. The van der Waals surface area contributed by atoms with Crippen molar-refractivity contribution in [1.29, 1.82) is 0 Å². The summed E-state index contributed by atoms with van der Waals surface area (Å²) in [6.07, 6.45) is 25.1. The first kappa shape index (κ1) is 31.8. The first-order valence-electron chi connectivity index (χ1n) is 17.6. The third-order valence-electron chi connectivity index (χ3n) is 12.7. The maximum Gasteiger partial charge on any atom is 0.182 e. The molecular weight excluding hydrogens is 584 g/mol. The first-order valence-corrected chi connectivity index (χ1v) is 17.6. The smallest absolute Gasteiger partial charge is 0.182 e. The van der Waals surface area contributed by atoms with Crippen LogP contribution in [0.15, 0.2) is 93.2 Å². The average molecular weight is 631 g/mol. The van der Waals surface area contributed by atoms with Crippen LogP contribution < -0.4 is 0 Å². The molecule has 7 bridgehead atoms. The van der Waals surface area contributed by atoms with E-state index < -0.39 is 10.8 Å². The van der Waals surface area contributed by atoms with Crippen molar-refractivity contribution in [2.75, 3.05) is 0 Å². The molecule has 1 saturated carbocycles. The Morgan fingerprint density at radius 1 is 0.681 bits per heavy atom. The molecule has 5 nitrogen and oxygen atoms in total. The molecule has 1 fully saturated rings. The molecule has 244 valence electrons. The highest BCUT2D eigenvalue weighted by Gasteiger charge is 2.65. The molecule has 8 aliphatic carbocycles. The van der Waals surface area contributed by atoms with E-state index in [1.54, 1.807) is 6.08 Å². The molecule has 0 aliphatic heterocycles. The van der Waals surface area contributed by atoms with Crippen molar-refractivity contribution >= 4 is 29.4 Å². The number of hydrogen-bond donors (Lipinski definition) is 0. The van der Waals surface area contributed by atoms with E-state index in [9.17, 15) is 24.0 Å². The molecule has 0 amide bonds. The molecule has 0 aromatic rings. The van der Waals surface area contributed by atoms with Gasteiger partial charge in [0.15, 0.2) is 23.1 Å². The molecular formula is C42H46O5. The Hall–Kier alpha value is -3.73. The number of carbonyl (C=O) groups is 5. The summed E-state index contributed by atoms with van der Waals surface area (Å²) in [4.78, 5) is 68.0. The lowest BCUT2D eigenvalue weighted by Gasteiger charge is -2.60. The number of ketones is 4. The van der Waals surface area contributed by atoms with Gasteiger partial charge in [-0.1, -0.05) is 58.2 Å². The molecule has 5 heteroatoms. The molecule has 47 heavy (non-hydrogen) atoms. The third-order valence-corrected chi connectivity index (χ3v) is 12.7. The van der Waals surface area contributed by atoms with Gasteiger partial charge in [0, 0.05) is 33.5 Å². The average Bonchev–Trinajstić information content (AvgIpc) is 3.02. The molecule has 0 aromatic heterocycles. The van der Waals surface area contributed by atoms with Crippen LogP contribution in [0.5, 0.6) is 0 Å². The van der Waals surface area contributed by atoms with Crippen LogP contribution in [0.25, 0.3) is 0 Å². The van der Waals surface area contributed by atoms with Gasteiger partial charge in [-0.15, -0.1) is 0 Å². The number of allylic oxidation sites excluding steroid dienone is 16. The van der Waals surface area contributed by atoms with E-state index in [1.807, 2.05) is 13.0 Å². The predicted octanol–water partition coefficient (Wildman–Crippen LogP) is 8.15. The van der Waals surface area contributed by atoms with Gasteiger partial charge in [0.25, 0.3) is 0 Å². The molecule has 1 unspecified atom stereocenters. The molecule has 1 spiro atoms. The zero-order valence-corrected chi connectivity index (χ0v) is 28.0. The summed E-state index contributed by atoms with van der Waals surface area (Å²) in [6, 6.07) is 0. The van der Waals surface area contributed by atoms with E-state index in [0.29, 0.717) is 61.7 Å². The molecule has 0 radical (unpaired) electrons. The van der Waals surface area contributed by atoms with E-state index in [-0.39, 0.29) is 46.8 Å². The number of Topliss-reactive ketones (excluding diaryl/α,β-unsaturated/α-hetero) is 1. The zero-order chi connectivity index (χ0) is 33.1. The lowest BCUT2D eigenvalue weighted by atomic mass is 9.41. The quantitative estimate of drug-likeness (QED) is 0.166. The fourth-order valence-corrected chi connectivity index (χ4v) is 10.2. The van der Waals surface area contributed by atoms with Crippen molar-refractivity contribution in [2.24, 2.45) is 34.5 Å². The van der Waals surface area contributed by atoms with Gasteiger partial charge in [0.1, 0.15) is 6.29 Å². The molecule has 0 saturated heterocycles. The van der Waals surface area contributed by atoms with Crippen LogP contribution in [0.4, 0.5) is 0 Å². The van der Waals surface area contributed by atoms with Crippen LogP contribution in [-0.4, -0.2) is 29.4 Å². The molecule has 6 atom stereocenters. The second-order valence-electron chi connectivity index (χ2n) is 15.7. The number of hydrogen-bond acceptors (Lipinski definition) is 5. The van der Waals surface area contributed by atoms with Crippen molar-refractivity contribution in [2.45, 2.75) is 97.8 Å². The Bertz CT molecular complexity index is 1730. The Labute approximate surface area is 278 Å². The van der Waals surface area contributed by atoms with Crippen LogP contribution in [0.1, 0.15) is 97.8 Å². The van der Waals surface area contributed by atoms with Gasteiger partial charge in [-0.05, 0) is 134 Å². The van der Waals surface area contributed by atoms with Crippen LogP contribution in [-0.2, 0) is 24.0 Å². The summed E-state index contributed by atoms with van der Waals surface area (Å²) in [7, 11) is 0. The van der Waals surface area contributed by atoms with Crippen LogP contribution in [0.3, 0.4) is 0 Å². The van der Waals surface area contributed by atoms with Crippen LogP contribution >= 0.6 is 0 Å². The standard InChI is InChI=1S/C42H46O5/c1-25-6-4-8-28-15-33(14-27(3)10-11-30-19-38(45)31(12-25)20-37(30)44)41(24-43)22-35-17-29-9-5-7-26(2)13-32-21-39(46)42(35,23-34(41)16-28)36(18-29)40(32)47/h6-7,10,15,17,19-21,24,33-36H,4-5,8-9,11-14,16,18,22-23H2,1-3H3/b25-6+,26-7-,27-10+/t33-,34-,35-,36-,41+,42?/m0/s1. The topological polar surface area (TPSA) is 85.3 Å². The minimum Gasteiger partial charge on any atom is -0.303 e. The van der Waals surface area contributed by atoms with Crippen LogP contribution in [0.2, 0.25) is 0 Å². The Morgan fingerprint density at radius 3 is 2.04 bits per heavy atom. The van der Waals surface area contributed by atoms with Crippen molar-refractivity contribution in [3.05, 3.63) is 93.2 Å². The second kappa shape index (κ2) is 12.1. The van der Waals surface area contributed by atoms with E-state index in [1.165, 1.54) is 29.6 Å². The van der Waals surface area contributed by atoms with Gasteiger partial charge in [0.05, 0.1) is 0 Å². The van der Waals surface area contributed by atoms with Gasteiger partial charge in [-0.3, -0.25) is 19.2 Å². The van der Waals surface area contributed by atoms with E-state index in [4.69, 9.17) is 0 Å². The van der Waals surface area contributed by atoms with E-state index >= 15 is 0 Å². The summed E-state index contributed by atoms with van der Waals surface area (Å²) in [6.45, 7) is 6.13. The highest BCUT2D eigenvalue weighted by atomic mass is 16.1. The first-order chi connectivity index (χ1) is 22.5. The second-order valence-corrected chi connectivity index (χ2v) is 15.7. The third kappa shape index (κ3) is 5.44. The molecule has 0 heterocycles. The largest absolute Gasteiger partial charge is 0.303 e. The molecule has 8 rings (SSSR count). The summed E-state index contributed by atoms with van der Waals surface area (Å²) in [5.41, 5.74) is 6.15. The SMILES string of the molecule is C/C1=C/CCC2=C[C@H]3C[C@]4(C=O)[C@@H](CC5=C[C@@H]4C/C(C)=C/CC4=CC(=O)C(=CC4=O)C/C(C)=C/CC5)CC34C(=O)C=C(C1)C(=O)[C@@H]4C2. The van der Waals surface area contributed by atoms with Gasteiger partial charge in [0.2, 0.25) is 0 Å². The van der Waals surface area contributed by atoms with Crippen molar-refractivity contribution in [3.8, 4) is 0 Å². The van der Waals surface area contributed by atoms with Crippen molar-refractivity contribution < 1.29 is 24.0 Å². The fourth-order valence-electron chi connectivity index (χ4n) is 10.2. The lowest BCUT2D eigenvalue weighted by Crippen LogP contribution is -2.60. The summed E-state index contributed by atoms with van der Waals surface area (Å²) in [5.74, 6) is -0.529. The number of fused-ring (bicyclic) bond motifs is 10. The summed E-state index contributed by atoms with van der Waals surface area (Å²) in [5, 5.41) is 0.